The van der Waals surface area contributed by atoms with Crippen molar-refractivity contribution in [2.75, 3.05) is 6.61 Å². The Kier molecular flexibility index (Phi) is 2.69. The molecule has 0 fully saturated rings. The van der Waals surface area contributed by atoms with Crippen molar-refractivity contribution in [3.8, 4) is 0 Å². The van der Waals surface area contributed by atoms with E-state index < -0.39 is 0 Å². The average Bonchev–Trinajstić information content (AvgIpc) is 2.39. The highest BCUT2D eigenvalue weighted by atomic mass is 19.1. The van der Waals surface area contributed by atoms with Crippen LogP contribution in [0, 0.1) is 5.82 Å². The molecule has 0 amide bonds. The summed E-state index contributed by atoms with van der Waals surface area (Å²) in [4.78, 5) is 0. The molecule has 2 aromatic carbocycles. The fourth-order valence-electron chi connectivity index (χ4n) is 2.33. The molecule has 0 bridgehead atoms. The van der Waals surface area contributed by atoms with Gasteiger partial charge in [0.15, 0.2) is 0 Å². The van der Waals surface area contributed by atoms with Crippen LogP contribution in [0.15, 0.2) is 48.5 Å². The molecule has 0 spiro atoms. The van der Waals surface area contributed by atoms with Crippen molar-refractivity contribution in [1.82, 2.24) is 0 Å². The molecule has 1 heterocycles. The molecule has 0 saturated carbocycles. The van der Waals surface area contributed by atoms with E-state index in [1.165, 1.54) is 6.07 Å². The maximum absolute atomic E-state index is 13.2. The number of benzene rings is 2. The van der Waals surface area contributed by atoms with Gasteiger partial charge in [-0.05, 0) is 35.0 Å². The van der Waals surface area contributed by atoms with Crippen LogP contribution in [-0.2, 0) is 11.1 Å². The normalized spacial score (nSPS) is 14.5. The third-order valence-corrected chi connectivity index (χ3v) is 3.15. The molecule has 0 aliphatic carbocycles. The van der Waals surface area contributed by atoms with Crippen LogP contribution in [0.2, 0.25) is 0 Å². The average molecular weight is 226 g/mol. The van der Waals surface area contributed by atoms with Crippen molar-refractivity contribution in [2.45, 2.75) is 6.42 Å². The minimum atomic E-state index is -0.169. The Balaban J connectivity index is 2.06. The Morgan fingerprint density at radius 3 is 2.71 bits per heavy atom. The minimum absolute atomic E-state index is 0.0550. The summed E-state index contributed by atoms with van der Waals surface area (Å²) in [5, 5.41) is 0. The second-order valence-electron chi connectivity index (χ2n) is 4.25. The van der Waals surface area contributed by atoms with Gasteiger partial charge in [0.05, 0.1) is 0 Å². The van der Waals surface area contributed by atoms with Gasteiger partial charge in [0.25, 0.3) is 0 Å². The Bertz CT molecular complexity index is 527. The lowest BCUT2D eigenvalue weighted by Crippen LogP contribution is -2.49. The van der Waals surface area contributed by atoms with Crippen molar-refractivity contribution >= 4 is 17.8 Å². The molecule has 3 heteroatoms. The van der Waals surface area contributed by atoms with Gasteiger partial charge in [0, 0.05) is 6.61 Å². The molecule has 0 atom stereocenters. The molecule has 0 unspecified atom stereocenters. The SMILES string of the molecule is Fc1ccc2c(c1)CCOB2c1ccccc1. The van der Waals surface area contributed by atoms with Crippen molar-refractivity contribution in [3.05, 3.63) is 59.9 Å². The highest BCUT2D eigenvalue weighted by Gasteiger charge is 2.27. The molecule has 0 radical (unpaired) electrons. The first-order chi connectivity index (χ1) is 8.34. The zero-order chi connectivity index (χ0) is 11.7. The minimum Gasteiger partial charge on any atom is -0.427 e. The maximum atomic E-state index is 13.2. The van der Waals surface area contributed by atoms with Crippen LogP contribution in [0.1, 0.15) is 5.56 Å². The summed E-state index contributed by atoms with van der Waals surface area (Å²) in [5.74, 6) is -0.169. The van der Waals surface area contributed by atoms with E-state index in [4.69, 9.17) is 4.65 Å². The first-order valence-corrected chi connectivity index (χ1v) is 5.79. The molecule has 2 aromatic rings. The Morgan fingerprint density at radius 2 is 1.88 bits per heavy atom. The van der Waals surface area contributed by atoms with Crippen molar-refractivity contribution < 1.29 is 9.04 Å². The zero-order valence-electron chi connectivity index (χ0n) is 9.40. The van der Waals surface area contributed by atoms with E-state index in [0.29, 0.717) is 6.61 Å². The molecule has 0 saturated heterocycles. The quantitative estimate of drug-likeness (QED) is 0.669. The van der Waals surface area contributed by atoms with Crippen molar-refractivity contribution in [3.63, 3.8) is 0 Å². The summed E-state index contributed by atoms with van der Waals surface area (Å²) in [5.41, 5.74) is 3.27. The van der Waals surface area contributed by atoms with Gasteiger partial charge in [-0.3, -0.25) is 0 Å². The van der Waals surface area contributed by atoms with Crippen LogP contribution < -0.4 is 10.9 Å². The van der Waals surface area contributed by atoms with E-state index in [1.807, 2.05) is 36.4 Å². The topological polar surface area (TPSA) is 9.23 Å². The van der Waals surface area contributed by atoms with Gasteiger partial charge in [0.2, 0.25) is 0 Å². The van der Waals surface area contributed by atoms with E-state index >= 15 is 0 Å². The third-order valence-electron chi connectivity index (χ3n) is 3.15. The molecule has 1 aliphatic heterocycles. The van der Waals surface area contributed by atoms with Crippen LogP contribution >= 0.6 is 0 Å². The van der Waals surface area contributed by atoms with Crippen LogP contribution in [-0.4, -0.2) is 13.5 Å². The standard InChI is InChI=1S/C14H12BFO/c16-13-6-7-14-11(10-13)8-9-17-15(14)12-4-2-1-3-5-12/h1-7,10H,8-9H2. The predicted octanol–water partition coefficient (Wildman–Crippen LogP) is 1.50. The summed E-state index contributed by atoms with van der Waals surface area (Å²) >= 11 is 0. The lowest BCUT2D eigenvalue weighted by Gasteiger charge is -2.23. The third kappa shape index (κ3) is 1.98. The first-order valence-electron chi connectivity index (χ1n) is 5.79. The van der Waals surface area contributed by atoms with Gasteiger partial charge in [-0.25, -0.2) is 4.39 Å². The fourth-order valence-corrected chi connectivity index (χ4v) is 2.33. The van der Waals surface area contributed by atoms with Gasteiger partial charge in [-0.2, -0.15) is 0 Å². The molecule has 1 nitrogen and oxygen atoms in total. The smallest absolute Gasteiger partial charge is 0.361 e. The summed E-state index contributed by atoms with van der Waals surface area (Å²) in [6.07, 6.45) is 0.788. The summed E-state index contributed by atoms with van der Waals surface area (Å²) in [6, 6.07) is 15.0. The van der Waals surface area contributed by atoms with E-state index in [1.54, 1.807) is 6.07 Å². The maximum Gasteiger partial charge on any atom is 0.361 e. The van der Waals surface area contributed by atoms with Gasteiger partial charge in [0.1, 0.15) is 5.82 Å². The molecular weight excluding hydrogens is 214 g/mol. The summed E-state index contributed by atoms with van der Waals surface area (Å²) < 4.78 is 19.0. The van der Waals surface area contributed by atoms with Crippen LogP contribution in [0.5, 0.6) is 0 Å². The molecule has 17 heavy (non-hydrogen) atoms. The number of fused-ring (bicyclic) bond motifs is 1. The Morgan fingerprint density at radius 1 is 1.06 bits per heavy atom. The second kappa shape index (κ2) is 4.34. The van der Waals surface area contributed by atoms with Crippen LogP contribution in [0.25, 0.3) is 0 Å². The first kappa shape index (κ1) is 10.5. The number of rotatable bonds is 1. The highest BCUT2D eigenvalue weighted by molar-refractivity contribution is 6.80. The second-order valence-corrected chi connectivity index (χ2v) is 4.25. The number of hydrogen-bond donors (Lipinski definition) is 0. The largest absolute Gasteiger partial charge is 0.427 e. The van der Waals surface area contributed by atoms with E-state index in [9.17, 15) is 4.39 Å². The van der Waals surface area contributed by atoms with E-state index in [-0.39, 0.29) is 12.7 Å². The van der Waals surface area contributed by atoms with Crippen LogP contribution in [0.4, 0.5) is 4.39 Å². The van der Waals surface area contributed by atoms with Gasteiger partial charge in [-0.15, -0.1) is 0 Å². The number of halogens is 1. The van der Waals surface area contributed by atoms with Gasteiger partial charge in [-0.1, -0.05) is 36.4 Å². The van der Waals surface area contributed by atoms with Crippen LogP contribution in [0.3, 0.4) is 0 Å². The van der Waals surface area contributed by atoms with Gasteiger partial charge >= 0.3 is 6.92 Å². The van der Waals surface area contributed by atoms with E-state index in [2.05, 4.69) is 0 Å². The zero-order valence-corrected chi connectivity index (χ0v) is 9.40. The lowest BCUT2D eigenvalue weighted by atomic mass is 9.53. The fraction of sp³-hybridized carbons (Fsp3) is 0.143. The van der Waals surface area contributed by atoms with E-state index in [0.717, 1.165) is 22.9 Å². The lowest BCUT2D eigenvalue weighted by molar-refractivity contribution is 0.330. The summed E-state index contributed by atoms with van der Waals surface area (Å²) in [6.45, 7) is 0.594. The Hall–Kier alpha value is -1.61. The predicted molar refractivity (Wildman–Crippen MR) is 67.5 cm³/mol. The Labute approximate surface area is 100 Å². The van der Waals surface area contributed by atoms with Crippen molar-refractivity contribution in [1.29, 1.82) is 0 Å². The molecule has 84 valence electrons. The molecule has 0 N–H and O–H groups in total. The molecule has 3 rings (SSSR count). The molecular formula is C14H12BFO. The highest BCUT2D eigenvalue weighted by Crippen LogP contribution is 2.10. The molecule has 0 aromatic heterocycles. The summed E-state index contributed by atoms with van der Waals surface area (Å²) in [7, 11) is 0. The number of hydrogen-bond acceptors (Lipinski definition) is 1. The van der Waals surface area contributed by atoms with Gasteiger partial charge < -0.3 is 4.65 Å². The molecule has 1 aliphatic rings. The van der Waals surface area contributed by atoms with Crippen molar-refractivity contribution in [2.24, 2.45) is 0 Å². The monoisotopic (exact) mass is 226 g/mol.